The van der Waals surface area contributed by atoms with Crippen molar-refractivity contribution in [2.24, 2.45) is 5.41 Å². The zero-order chi connectivity index (χ0) is 15.6. The van der Waals surface area contributed by atoms with Crippen LogP contribution in [0.5, 0.6) is 0 Å². The molecule has 0 spiro atoms. The molecule has 0 aromatic heterocycles. The molecule has 0 aromatic rings. The number of piperidine rings is 1. The summed E-state index contributed by atoms with van der Waals surface area (Å²) in [5.41, 5.74) is -1.79. The van der Waals surface area contributed by atoms with Crippen molar-refractivity contribution in [3.63, 3.8) is 0 Å². The van der Waals surface area contributed by atoms with Gasteiger partial charge in [-0.2, -0.15) is 5.26 Å². The number of nitriles is 1. The van der Waals surface area contributed by atoms with Gasteiger partial charge in [0.15, 0.2) is 0 Å². The molecule has 1 aliphatic rings. The Morgan fingerprint density at radius 2 is 2.10 bits per heavy atom. The molecule has 1 heterocycles. The molecule has 1 unspecified atom stereocenters. The number of amides is 1. The summed E-state index contributed by atoms with van der Waals surface area (Å²) in [6.45, 7) is 5.70. The highest BCUT2D eigenvalue weighted by Gasteiger charge is 2.41. The number of carbonyl (C=O) groups is 1. The molecule has 1 atom stereocenters. The van der Waals surface area contributed by atoms with Crippen molar-refractivity contribution in [2.75, 3.05) is 18.8 Å². The molecule has 1 rings (SSSR count). The molecule has 1 aliphatic heterocycles. The van der Waals surface area contributed by atoms with E-state index in [0.29, 0.717) is 19.4 Å². The van der Waals surface area contributed by atoms with Gasteiger partial charge in [0.2, 0.25) is 9.05 Å². The van der Waals surface area contributed by atoms with Crippen LogP contribution in [0.15, 0.2) is 0 Å². The highest BCUT2D eigenvalue weighted by molar-refractivity contribution is 8.13. The van der Waals surface area contributed by atoms with Gasteiger partial charge in [0, 0.05) is 23.8 Å². The van der Waals surface area contributed by atoms with Crippen molar-refractivity contribution in [1.29, 1.82) is 5.26 Å². The van der Waals surface area contributed by atoms with Gasteiger partial charge >= 0.3 is 6.09 Å². The van der Waals surface area contributed by atoms with E-state index in [1.54, 1.807) is 20.8 Å². The van der Waals surface area contributed by atoms with Crippen LogP contribution in [0.4, 0.5) is 4.79 Å². The van der Waals surface area contributed by atoms with Crippen molar-refractivity contribution in [1.82, 2.24) is 4.90 Å². The third-order valence-corrected chi connectivity index (χ3v) is 4.14. The average Bonchev–Trinajstić information content (AvgIpc) is 2.24. The third-order valence-electron chi connectivity index (χ3n) is 2.91. The number of ether oxygens (including phenoxy) is 1. The van der Waals surface area contributed by atoms with Crippen molar-refractivity contribution in [3.8, 4) is 6.07 Å². The number of hydrogen-bond acceptors (Lipinski definition) is 5. The maximum absolute atomic E-state index is 12.0. The van der Waals surface area contributed by atoms with Crippen LogP contribution in [-0.4, -0.2) is 43.9 Å². The van der Waals surface area contributed by atoms with Gasteiger partial charge < -0.3 is 9.64 Å². The summed E-state index contributed by atoms with van der Waals surface area (Å²) in [6, 6.07) is 2.01. The Labute approximate surface area is 124 Å². The molecule has 0 N–H and O–H groups in total. The number of nitrogens with zero attached hydrogens (tertiary/aromatic N) is 2. The Hall–Kier alpha value is -1.00. The second kappa shape index (κ2) is 5.78. The quantitative estimate of drug-likeness (QED) is 0.726. The van der Waals surface area contributed by atoms with Crippen LogP contribution >= 0.6 is 10.7 Å². The van der Waals surface area contributed by atoms with E-state index in [4.69, 9.17) is 15.4 Å². The fraction of sp³-hybridized carbons (Fsp3) is 0.833. The number of hydrogen-bond donors (Lipinski definition) is 0. The minimum absolute atomic E-state index is 0.0182. The Kier molecular flexibility index (Phi) is 4.93. The van der Waals surface area contributed by atoms with E-state index in [9.17, 15) is 18.5 Å². The molecule has 0 aliphatic carbocycles. The monoisotopic (exact) mass is 322 g/mol. The summed E-state index contributed by atoms with van der Waals surface area (Å²) < 4.78 is 27.7. The van der Waals surface area contributed by atoms with E-state index >= 15 is 0 Å². The molecule has 1 saturated heterocycles. The highest BCUT2D eigenvalue weighted by atomic mass is 35.7. The molecule has 8 heteroatoms. The van der Waals surface area contributed by atoms with Gasteiger partial charge in [-0.05, 0) is 33.6 Å². The minimum atomic E-state index is -3.81. The summed E-state index contributed by atoms with van der Waals surface area (Å²) in [5, 5.41) is 9.29. The molecule has 114 valence electrons. The first-order valence-corrected chi connectivity index (χ1v) is 8.76. The topological polar surface area (TPSA) is 87.5 Å². The first-order chi connectivity index (χ1) is 8.96. The lowest BCUT2D eigenvalue weighted by Crippen LogP contribution is -2.49. The molecule has 1 amide bonds. The zero-order valence-electron chi connectivity index (χ0n) is 11.8. The Bertz CT molecular complexity index is 521. The van der Waals surface area contributed by atoms with Crippen LogP contribution in [0.3, 0.4) is 0 Å². The normalized spacial score (nSPS) is 24.1. The van der Waals surface area contributed by atoms with Crippen LogP contribution in [0.2, 0.25) is 0 Å². The summed E-state index contributed by atoms with van der Waals surface area (Å²) in [5.74, 6) is -0.461. The van der Waals surface area contributed by atoms with Gasteiger partial charge in [0.05, 0.1) is 17.2 Å². The second-order valence-corrected chi connectivity index (χ2v) is 8.86. The van der Waals surface area contributed by atoms with Crippen LogP contribution in [0.25, 0.3) is 0 Å². The molecule has 0 radical (unpaired) electrons. The molecular weight excluding hydrogens is 304 g/mol. The van der Waals surface area contributed by atoms with Gasteiger partial charge in [-0.1, -0.05) is 0 Å². The third kappa shape index (κ3) is 5.17. The van der Waals surface area contributed by atoms with E-state index in [0.717, 1.165) is 0 Å². The fourth-order valence-corrected chi connectivity index (χ4v) is 3.77. The Morgan fingerprint density at radius 1 is 1.50 bits per heavy atom. The van der Waals surface area contributed by atoms with Gasteiger partial charge in [-0.3, -0.25) is 0 Å². The van der Waals surface area contributed by atoms with Gasteiger partial charge in [-0.15, -0.1) is 0 Å². The lowest BCUT2D eigenvalue weighted by molar-refractivity contribution is 0.0130. The smallest absolute Gasteiger partial charge is 0.410 e. The highest BCUT2D eigenvalue weighted by Crippen LogP contribution is 2.32. The number of likely N-dealkylation sites (tertiary alicyclic amines) is 1. The summed E-state index contributed by atoms with van der Waals surface area (Å²) in [7, 11) is 1.45. The standard InChI is InChI=1S/C12H19ClN2O4S/c1-11(2,3)19-10(16)15-6-4-5-12(7-14,8-15)9-20(13,17)18/h4-6,8-9H2,1-3H3. The van der Waals surface area contributed by atoms with Crippen molar-refractivity contribution in [3.05, 3.63) is 0 Å². The first-order valence-electron chi connectivity index (χ1n) is 6.28. The number of rotatable bonds is 2. The largest absolute Gasteiger partial charge is 0.444 e. The van der Waals surface area contributed by atoms with Crippen LogP contribution < -0.4 is 0 Å². The molecule has 1 fully saturated rings. The van der Waals surface area contributed by atoms with E-state index < -0.39 is 31.9 Å². The molecule has 0 aromatic carbocycles. The Balaban J connectivity index is 2.85. The maximum Gasteiger partial charge on any atom is 0.410 e. The number of halogens is 1. The van der Waals surface area contributed by atoms with Crippen LogP contribution in [0, 0.1) is 16.7 Å². The van der Waals surface area contributed by atoms with Crippen LogP contribution in [0.1, 0.15) is 33.6 Å². The predicted octanol–water partition coefficient (Wildman–Crippen LogP) is 2.10. The summed E-state index contributed by atoms with van der Waals surface area (Å²) in [4.78, 5) is 13.4. The van der Waals surface area contributed by atoms with E-state index in [2.05, 4.69) is 0 Å². The summed E-state index contributed by atoms with van der Waals surface area (Å²) in [6.07, 6.45) is 0.400. The molecule has 20 heavy (non-hydrogen) atoms. The van der Waals surface area contributed by atoms with Crippen molar-refractivity contribution in [2.45, 2.75) is 39.2 Å². The average molecular weight is 323 g/mol. The predicted molar refractivity (Wildman–Crippen MR) is 74.7 cm³/mol. The van der Waals surface area contributed by atoms with Gasteiger partial charge in [0.25, 0.3) is 0 Å². The van der Waals surface area contributed by atoms with Crippen molar-refractivity contribution >= 4 is 25.8 Å². The molecular formula is C12H19ClN2O4S. The second-order valence-electron chi connectivity index (χ2n) is 6.08. The lowest BCUT2D eigenvalue weighted by atomic mass is 9.83. The van der Waals surface area contributed by atoms with E-state index in [-0.39, 0.29) is 6.54 Å². The number of carbonyl (C=O) groups excluding carboxylic acids is 1. The zero-order valence-corrected chi connectivity index (χ0v) is 13.4. The first kappa shape index (κ1) is 17.1. The SMILES string of the molecule is CC(C)(C)OC(=O)N1CCCC(C#N)(CS(=O)(=O)Cl)C1. The van der Waals surface area contributed by atoms with Gasteiger partial charge in [0.1, 0.15) is 5.60 Å². The fourth-order valence-electron chi connectivity index (χ4n) is 2.19. The molecule has 0 saturated carbocycles. The summed E-state index contributed by atoms with van der Waals surface area (Å²) >= 11 is 0. The molecule has 0 bridgehead atoms. The maximum atomic E-state index is 12.0. The minimum Gasteiger partial charge on any atom is -0.444 e. The van der Waals surface area contributed by atoms with Crippen molar-refractivity contribution < 1.29 is 17.9 Å². The molecule has 6 nitrogen and oxygen atoms in total. The van der Waals surface area contributed by atoms with Crippen LogP contribution in [-0.2, 0) is 13.8 Å². The van der Waals surface area contributed by atoms with Gasteiger partial charge in [-0.25, -0.2) is 13.2 Å². The van der Waals surface area contributed by atoms with E-state index in [1.807, 2.05) is 6.07 Å². The van der Waals surface area contributed by atoms with E-state index in [1.165, 1.54) is 4.90 Å². The Morgan fingerprint density at radius 3 is 2.55 bits per heavy atom. The lowest BCUT2D eigenvalue weighted by Gasteiger charge is -2.38.